The summed E-state index contributed by atoms with van der Waals surface area (Å²) in [6.07, 6.45) is -10.1. The van der Waals surface area contributed by atoms with Crippen molar-refractivity contribution in [3.05, 3.63) is 0 Å². The zero-order valence-corrected chi connectivity index (χ0v) is 21.3. The molecule has 0 aliphatic heterocycles. The molecule has 19 heteroatoms. The van der Waals surface area contributed by atoms with E-state index in [9.17, 15) is 61.9 Å². The van der Waals surface area contributed by atoms with E-state index in [-0.39, 0.29) is 12.3 Å². The Morgan fingerprint density at radius 3 is 1.90 bits per heavy atom. The number of hydrogen-bond donors (Lipinski definition) is 1. The molecule has 0 heterocycles. The first-order chi connectivity index (χ1) is 18.0. The summed E-state index contributed by atoms with van der Waals surface area (Å²) >= 11 is 0. The van der Waals surface area contributed by atoms with Gasteiger partial charge in [0.2, 0.25) is 0 Å². The van der Waals surface area contributed by atoms with Gasteiger partial charge in [-0.3, -0.25) is 9.35 Å². The van der Waals surface area contributed by atoms with Gasteiger partial charge < -0.3 is 14.2 Å². The van der Waals surface area contributed by atoms with Gasteiger partial charge >= 0.3 is 51.4 Å². The first-order valence-electron chi connectivity index (χ1n) is 11.9. The number of carbonyl (C=O) groups excluding carboxylic acids is 2. The number of halogens is 10. The minimum Gasteiger partial charge on any atom is -0.451 e. The molecule has 0 saturated heterocycles. The summed E-state index contributed by atoms with van der Waals surface area (Å²) in [7, 11) is -6.80. The van der Waals surface area contributed by atoms with E-state index in [1.54, 1.807) is 0 Å². The van der Waals surface area contributed by atoms with Gasteiger partial charge in [0.25, 0.3) is 0 Å². The lowest BCUT2D eigenvalue weighted by Crippen LogP contribution is -2.59. The highest BCUT2D eigenvalue weighted by Crippen LogP contribution is 2.45. The first kappa shape index (κ1) is 34.3. The molecule has 0 aromatic rings. The lowest BCUT2D eigenvalue weighted by atomic mass is 9.67. The molecular formula is C21H26F10O8S. The molecule has 3 atom stereocenters. The molecule has 0 aromatic heterocycles. The Balaban J connectivity index is 2.23. The SMILES string of the molecule is O=C(CCC1CC2CCCC(C2)C1)OC(OCCC(F)(F)C(F)(F)S(=O)(=O)O)(C(=O)OCC(F)(F)F)C(F)(F)F. The van der Waals surface area contributed by atoms with Crippen molar-refractivity contribution in [2.45, 2.75) is 87.1 Å². The van der Waals surface area contributed by atoms with Crippen molar-refractivity contribution in [1.29, 1.82) is 0 Å². The highest BCUT2D eigenvalue weighted by molar-refractivity contribution is 7.87. The van der Waals surface area contributed by atoms with Crippen LogP contribution in [0.5, 0.6) is 0 Å². The third-order valence-electron chi connectivity index (χ3n) is 6.72. The van der Waals surface area contributed by atoms with Crippen LogP contribution in [0, 0.1) is 17.8 Å². The molecule has 0 aromatic carbocycles. The van der Waals surface area contributed by atoms with Crippen LogP contribution in [0.15, 0.2) is 0 Å². The van der Waals surface area contributed by atoms with E-state index in [0.29, 0.717) is 24.7 Å². The average Bonchev–Trinajstić information content (AvgIpc) is 2.78. The second kappa shape index (κ2) is 12.1. The van der Waals surface area contributed by atoms with Crippen LogP contribution >= 0.6 is 0 Å². The maximum atomic E-state index is 13.9. The minimum absolute atomic E-state index is 0.0456. The van der Waals surface area contributed by atoms with E-state index < -0.39 is 77.4 Å². The van der Waals surface area contributed by atoms with E-state index in [1.807, 2.05) is 0 Å². The minimum atomic E-state index is -6.80. The van der Waals surface area contributed by atoms with Gasteiger partial charge in [-0.25, -0.2) is 4.79 Å². The van der Waals surface area contributed by atoms with Crippen LogP contribution in [-0.4, -0.2) is 67.4 Å². The van der Waals surface area contributed by atoms with E-state index >= 15 is 0 Å². The van der Waals surface area contributed by atoms with Crippen molar-refractivity contribution in [2.24, 2.45) is 17.8 Å². The summed E-state index contributed by atoms with van der Waals surface area (Å²) < 4.78 is 174. The molecule has 234 valence electrons. The molecule has 3 unspecified atom stereocenters. The van der Waals surface area contributed by atoms with Crippen LogP contribution in [0.3, 0.4) is 0 Å². The fraction of sp³-hybridized carbons (Fsp3) is 0.905. The van der Waals surface area contributed by atoms with Crippen molar-refractivity contribution in [1.82, 2.24) is 0 Å². The lowest BCUT2D eigenvalue weighted by Gasteiger charge is -2.39. The Morgan fingerprint density at radius 2 is 1.43 bits per heavy atom. The number of esters is 2. The van der Waals surface area contributed by atoms with Crippen LogP contribution in [0.2, 0.25) is 0 Å². The largest absolute Gasteiger partial charge is 0.468 e. The highest BCUT2D eigenvalue weighted by Gasteiger charge is 2.69. The van der Waals surface area contributed by atoms with E-state index in [4.69, 9.17) is 4.55 Å². The predicted molar refractivity (Wildman–Crippen MR) is 111 cm³/mol. The molecule has 8 nitrogen and oxygen atoms in total. The second-order valence-corrected chi connectivity index (χ2v) is 11.3. The average molecular weight is 628 g/mol. The summed E-state index contributed by atoms with van der Waals surface area (Å²) in [6, 6.07) is 0. The van der Waals surface area contributed by atoms with Crippen LogP contribution in [0.1, 0.15) is 57.8 Å². The van der Waals surface area contributed by atoms with Crippen LogP contribution in [0.25, 0.3) is 0 Å². The standard InChI is InChI=1S/C21H26F10O8S/c22-17(23,21(30,31)40(34,35)36)6-7-38-19(20(27,28)29,16(33)37-11-18(24,25)26)39-15(32)5-4-14-9-12-2-1-3-13(8-12)10-14/h12-14H,1-11H2,(H,34,35,36). The molecule has 1 N–H and O–H groups in total. The molecule has 2 bridgehead atoms. The number of carbonyl (C=O) groups is 2. The van der Waals surface area contributed by atoms with Crippen molar-refractivity contribution in [3.63, 3.8) is 0 Å². The number of rotatable bonds is 12. The molecule has 2 aliphatic carbocycles. The summed E-state index contributed by atoms with van der Waals surface area (Å²) in [5.41, 5.74) is 0. The van der Waals surface area contributed by atoms with Crippen LogP contribution < -0.4 is 0 Å². The highest BCUT2D eigenvalue weighted by atomic mass is 32.2. The Morgan fingerprint density at radius 1 is 0.875 bits per heavy atom. The first-order valence-corrected chi connectivity index (χ1v) is 13.3. The van der Waals surface area contributed by atoms with Crippen molar-refractivity contribution in [2.75, 3.05) is 13.2 Å². The Bertz CT molecular complexity index is 1000. The number of ether oxygens (including phenoxy) is 3. The molecule has 2 saturated carbocycles. The van der Waals surface area contributed by atoms with E-state index in [0.717, 1.165) is 25.7 Å². The number of fused-ring (bicyclic) bond motifs is 2. The third kappa shape index (κ3) is 8.33. The molecule has 2 rings (SSSR count). The zero-order chi connectivity index (χ0) is 30.8. The normalized spacial score (nSPS) is 24.2. The molecule has 2 fully saturated rings. The van der Waals surface area contributed by atoms with Gasteiger partial charge in [0, 0.05) is 12.8 Å². The lowest BCUT2D eigenvalue weighted by molar-refractivity contribution is -0.359. The van der Waals surface area contributed by atoms with Crippen molar-refractivity contribution in [3.8, 4) is 0 Å². The third-order valence-corrected chi connectivity index (χ3v) is 7.67. The van der Waals surface area contributed by atoms with Gasteiger partial charge in [-0.2, -0.15) is 52.3 Å². The second-order valence-electron chi connectivity index (χ2n) is 9.85. The molecular weight excluding hydrogens is 602 g/mol. The molecule has 0 radical (unpaired) electrons. The van der Waals surface area contributed by atoms with Gasteiger partial charge in [0.1, 0.15) is 0 Å². The van der Waals surface area contributed by atoms with Crippen molar-refractivity contribution < 1.29 is 80.7 Å². The fourth-order valence-corrected chi connectivity index (χ4v) is 5.40. The maximum Gasteiger partial charge on any atom is 0.468 e. The smallest absolute Gasteiger partial charge is 0.451 e. The number of hydrogen-bond acceptors (Lipinski definition) is 7. The van der Waals surface area contributed by atoms with Gasteiger partial charge in [-0.15, -0.1) is 0 Å². The van der Waals surface area contributed by atoms with E-state index in [2.05, 4.69) is 14.2 Å². The number of alkyl halides is 10. The molecule has 0 spiro atoms. The monoisotopic (exact) mass is 628 g/mol. The van der Waals surface area contributed by atoms with E-state index in [1.165, 1.54) is 0 Å². The Labute approximate surface area is 221 Å². The van der Waals surface area contributed by atoms with Gasteiger partial charge in [-0.1, -0.05) is 19.3 Å². The summed E-state index contributed by atoms with van der Waals surface area (Å²) in [4.78, 5) is 24.5. The predicted octanol–water partition coefficient (Wildman–Crippen LogP) is 5.41. The fourth-order valence-electron chi connectivity index (χ4n) is 4.92. The zero-order valence-electron chi connectivity index (χ0n) is 20.5. The van der Waals surface area contributed by atoms with Gasteiger partial charge in [0.15, 0.2) is 6.61 Å². The summed E-state index contributed by atoms with van der Waals surface area (Å²) in [6.45, 7) is -4.98. The van der Waals surface area contributed by atoms with Crippen LogP contribution in [0.4, 0.5) is 43.9 Å². The van der Waals surface area contributed by atoms with Gasteiger partial charge in [0.05, 0.1) is 6.61 Å². The Hall–Kier alpha value is -1.89. The molecule has 0 amide bonds. The maximum absolute atomic E-state index is 13.9. The summed E-state index contributed by atoms with van der Waals surface area (Å²) in [5.74, 6) is -15.2. The summed E-state index contributed by atoms with van der Waals surface area (Å²) in [5, 5.41) is -6.24. The molecule has 40 heavy (non-hydrogen) atoms. The van der Waals surface area contributed by atoms with Crippen LogP contribution in [-0.2, 0) is 33.9 Å². The Kier molecular flexibility index (Phi) is 10.4. The quantitative estimate of drug-likeness (QED) is 0.132. The topological polar surface area (TPSA) is 116 Å². The van der Waals surface area contributed by atoms with Gasteiger partial charge in [-0.05, 0) is 43.4 Å². The van der Waals surface area contributed by atoms with Crippen molar-refractivity contribution >= 4 is 22.1 Å². The molecule has 2 aliphatic rings.